The predicted octanol–water partition coefficient (Wildman–Crippen LogP) is 3.07. The lowest BCUT2D eigenvalue weighted by atomic mass is 10.2. The van der Waals surface area contributed by atoms with Gasteiger partial charge >= 0.3 is 0 Å². The van der Waals surface area contributed by atoms with Gasteiger partial charge in [0.05, 0.1) is 17.9 Å². The number of aryl methyl sites for hydroxylation is 1. The number of nitrogens with zero attached hydrogens (tertiary/aromatic N) is 3. The summed E-state index contributed by atoms with van der Waals surface area (Å²) in [5, 5.41) is 12.2. The topological polar surface area (TPSA) is 52.0 Å². The Labute approximate surface area is 130 Å². The highest BCUT2D eigenvalue weighted by atomic mass is 35.5. The molecule has 0 saturated carbocycles. The first-order valence-electron chi connectivity index (χ1n) is 7.24. The second-order valence-electron chi connectivity index (χ2n) is 4.76. The van der Waals surface area contributed by atoms with Crippen molar-refractivity contribution in [3.63, 3.8) is 0 Å². The van der Waals surface area contributed by atoms with Crippen LogP contribution in [0.15, 0.2) is 30.5 Å². The first-order chi connectivity index (χ1) is 10.2. The molecular formula is C15H21ClN4O. The molecule has 21 heavy (non-hydrogen) atoms. The van der Waals surface area contributed by atoms with Gasteiger partial charge < -0.3 is 10.1 Å². The molecule has 6 heteroatoms. The van der Waals surface area contributed by atoms with Crippen LogP contribution in [0, 0.1) is 0 Å². The zero-order valence-electron chi connectivity index (χ0n) is 12.4. The van der Waals surface area contributed by atoms with Crippen LogP contribution in [0.3, 0.4) is 0 Å². The van der Waals surface area contributed by atoms with Crippen LogP contribution in [0.5, 0.6) is 5.75 Å². The minimum Gasteiger partial charge on any atom is -0.491 e. The smallest absolute Gasteiger partial charge is 0.120 e. The summed E-state index contributed by atoms with van der Waals surface area (Å²) in [7, 11) is 0. The fraction of sp³-hybridized carbons (Fsp3) is 0.467. The SMILES string of the molecule is CCCn1nncc1C(COc1cccc(Cl)c1)NCC. The number of hydrogen-bond donors (Lipinski definition) is 1. The van der Waals surface area contributed by atoms with Gasteiger partial charge in [0.2, 0.25) is 0 Å². The summed E-state index contributed by atoms with van der Waals surface area (Å²) in [6.07, 6.45) is 2.81. The van der Waals surface area contributed by atoms with Crippen molar-refractivity contribution in [3.8, 4) is 5.75 Å². The number of nitrogens with one attached hydrogen (secondary N) is 1. The average Bonchev–Trinajstić information content (AvgIpc) is 2.92. The van der Waals surface area contributed by atoms with E-state index in [9.17, 15) is 0 Å². The lowest BCUT2D eigenvalue weighted by Gasteiger charge is -2.19. The number of benzene rings is 1. The number of ether oxygens (including phenoxy) is 1. The molecule has 1 unspecified atom stereocenters. The fourth-order valence-electron chi connectivity index (χ4n) is 2.15. The Morgan fingerprint density at radius 3 is 2.95 bits per heavy atom. The Kier molecular flexibility index (Phi) is 6.02. The minimum absolute atomic E-state index is 0.0514. The van der Waals surface area contributed by atoms with Crippen LogP contribution in [-0.2, 0) is 6.54 Å². The van der Waals surface area contributed by atoms with Gasteiger partial charge in [0.1, 0.15) is 12.4 Å². The van der Waals surface area contributed by atoms with Gasteiger partial charge in [0.25, 0.3) is 0 Å². The highest BCUT2D eigenvalue weighted by Crippen LogP contribution is 2.19. The van der Waals surface area contributed by atoms with E-state index in [1.165, 1.54) is 0 Å². The van der Waals surface area contributed by atoms with Crippen molar-refractivity contribution in [2.24, 2.45) is 0 Å². The molecule has 114 valence electrons. The summed E-state index contributed by atoms with van der Waals surface area (Å²) in [6, 6.07) is 7.47. The maximum Gasteiger partial charge on any atom is 0.120 e. The minimum atomic E-state index is 0.0514. The average molecular weight is 309 g/mol. The molecule has 0 fully saturated rings. The molecule has 0 radical (unpaired) electrons. The van der Waals surface area contributed by atoms with Crippen molar-refractivity contribution >= 4 is 11.6 Å². The number of hydrogen-bond acceptors (Lipinski definition) is 4. The predicted molar refractivity (Wildman–Crippen MR) is 83.7 cm³/mol. The maximum absolute atomic E-state index is 5.97. The molecule has 0 spiro atoms. The van der Waals surface area contributed by atoms with Gasteiger partial charge in [-0.1, -0.05) is 36.7 Å². The van der Waals surface area contributed by atoms with E-state index in [1.54, 1.807) is 6.20 Å². The fourth-order valence-corrected chi connectivity index (χ4v) is 2.33. The van der Waals surface area contributed by atoms with Gasteiger partial charge in [0.15, 0.2) is 0 Å². The summed E-state index contributed by atoms with van der Waals surface area (Å²) in [6.45, 7) is 6.40. The number of rotatable bonds is 8. The van der Waals surface area contributed by atoms with Crippen LogP contribution in [0.25, 0.3) is 0 Å². The number of aromatic nitrogens is 3. The molecule has 1 heterocycles. The lowest BCUT2D eigenvalue weighted by Crippen LogP contribution is -2.29. The first kappa shape index (κ1) is 15.8. The second-order valence-corrected chi connectivity index (χ2v) is 5.20. The van der Waals surface area contributed by atoms with E-state index in [0.29, 0.717) is 11.6 Å². The van der Waals surface area contributed by atoms with Gasteiger partial charge in [-0.05, 0) is 31.2 Å². The third-order valence-corrected chi connectivity index (χ3v) is 3.34. The van der Waals surface area contributed by atoms with E-state index in [2.05, 4.69) is 29.5 Å². The molecule has 2 aromatic rings. The molecule has 1 aromatic carbocycles. The monoisotopic (exact) mass is 308 g/mol. The van der Waals surface area contributed by atoms with Crippen molar-refractivity contribution < 1.29 is 4.74 Å². The Balaban J connectivity index is 2.06. The van der Waals surface area contributed by atoms with Crippen LogP contribution in [0.4, 0.5) is 0 Å². The van der Waals surface area contributed by atoms with Crippen molar-refractivity contribution in [3.05, 3.63) is 41.2 Å². The van der Waals surface area contributed by atoms with Crippen molar-refractivity contribution in [2.75, 3.05) is 13.2 Å². The van der Waals surface area contributed by atoms with Gasteiger partial charge in [-0.2, -0.15) is 0 Å². The summed E-state index contributed by atoms with van der Waals surface area (Å²) in [4.78, 5) is 0. The lowest BCUT2D eigenvalue weighted by molar-refractivity contribution is 0.260. The first-order valence-corrected chi connectivity index (χ1v) is 7.62. The molecule has 0 aliphatic rings. The van der Waals surface area contributed by atoms with E-state index in [1.807, 2.05) is 28.9 Å². The van der Waals surface area contributed by atoms with Gasteiger partial charge in [-0.3, -0.25) is 0 Å². The van der Waals surface area contributed by atoms with Crippen molar-refractivity contribution in [1.82, 2.24) is 20.3 Å². The van der Waals surface area contributed by atoms with Crippen LogP contribution in [0.2, 0.25) is 5.02 Å². The van der Waals surface area contributed by atoms with Crippen molar-refractivity contribution in [2.45, 2.75) is 32.9 Å². The molecule has 1 aromatic heterocycles. The third-order valence-electron chi connectivity index (χ3n) is 3.10. The highest BCUT2D eigenvalue weighted by Gasteiger charge is 2.17. The summed E-state index contributed by atoms with van der Waals surface area (Å²) in [5.74, 6) is 0.764. The van der Waals surface area contributed by atoms with Gasteiger partial charge in [-0.25, -0.2) is 4.68 Å². The summed E-state index contributed by atoms with van der Waals surface area (Å²) in [5.41, 5.74) is 1.04. The van der Waals surface area contributed by atoms with Crippen LogP contribution in [0.1, 0.15) is 32.0 Å². The Hall–Kier alpha value is -1.59. The molecule has 0 aliphatic carbocycles. The van der Waals surface area contributed by atoms with Gasteiger partial charge in [-0.15, -0.1) is 5.10 Å². The van der Waals surface area contributed by atoms with E-state index in [4.69, 9.17) is 16.3 Å². The molecule has 2 rings (SSSR count). The molecule has 0 saturated heterocycles. The summed E-state index contributed by atoms with van der Waals surface area (Å²) < 4.78 is 7.77. The van der Waals surface area contributed by atoms with E-state index in [-0.39, 0.29) is 6.04 Å². The standard InChI is InChI=1S/C15H21ClN4O/c1-3-8-20-15(10-18-19-20)14(17-4-2)11-21-13-7-5-6-12(16)9-13/h5-7,9-10,14,17H,3-4,8,11H2,1-2H3. The molecule has 0 aliphatic heterocycles. The molecule has 1 atom stereocenters. The van der Waals surface area contributed by atoms with E-state index < -0.39 is 0 Å². The zero-order chi connectivity index (χ0) is 15.1. The second kappa shape index (κ2) is 8.00. The maximum atomic E-state index is 5.97. The number of halogens is 1. The van der Waals surface area contributed by atoms with Crippen LogP contribution >= 0.6 is 11.6 Å². The van der Waals surface area contributed by atoms with E-state index >= 15 is 0 Å². The Morgan fingerprint density at radius 2 is 2.24 bits per heavy atom. The third kappa shape index (κ3) is 4.44. The molecule has 5 nitrogen and oxygen atoms in total. The molecule has 0 bridgehead atoms. The quantitative estimate of drug-likeness (QED) is 0.814. The van der Waals surface area contributed by atoms with Crippen LogP contribution in [-0.4, -0.2) is 28.1 Å². The summed E-state index contributed by atoms with van der Waals surface area (Å²) >= 11 is 5.97. The highest BCUT2D eigenvalue weighted by molar-refractivity contribution is 6.30. The zero-order valence-corrected chi connectivity index (χ0v) is 13.2. The molecule has 1 N–H and O–H groups in total. The largest absolute Gasteiger partial charge is 0.491 e. The molecular weight excluding hydrogens is 288 g/mol. The Bertz CT molecular complexity index is 558. The van der Waals surface area contributed by atoms with Crippen LogP contribution < -0.4 is 10.1 Å². The van der Waals surface area contributed by atoms with Gasteiger partial charge in [0, 0.05) is 11.6 Å². The Morgan fingerprint density at radius 1 is 1.38 bits per heavy atom. The normalized spacial score (nSPS) is 12.3. The molecule has 0 amide bonds. The number of likely N-dealkylation sites (N-methyl/N-ethyl adjacent to an activating group) is 1. The van der Waals surface area contributed by atoms with E-state index in [0.717, 1.165) is 31.0 Å². The van der Waals surface area contributed by atoms with Crippen molar-refractivity contribution in [1.29, 1.82) is 0 Å².